The second-order valence-electron chi connectivity index (χ2n) is 16.2. The van der Waals surface area contributed by atoms with E-state index in [0.29, 0.717) is 44.9 Å². The van der Waals surface area contributed by atoms with Crippen LogP contribution < -0.4 is 27.6 Å². The van der Waals surface area contributed by atoms with E-state index in [1.165, 1.54) is 119 Å². The fraction of sp³-hybridized carbons (Fsp3) is 0.156. The second-order valence-corrected chi connectivity index (χ2v) is 29.3. The molecule has 0 radical (unpaired) electrons. The summed E-state index contributed by atoms with van der Waals surface area (Å²) < 4.78 is 84.9. The molecule has 22 nitrogen and oxygen atoms in total. The number of ether oxygens (including phenoxy) is 2. The van der Waals surface area contributed by atoms with Crippen molar-refractivity contribution in [2.45, 2.75) is 24.6 Å². The Labute approximate surface area is 441 Å². The number of hydrazone groups is 2. The van der Waals surface area contributed by atoms with Gasteiger partial charge in [0.1, 0.15) is 34.5 Å². The zero-order valence-electron chi connectivity index (χ0n) is 39.5. The Morgan fingerprint density at radius 3 is 0.813 bits per heavy atom. The van der Waals surface area contributed by atoms with Crippen molar-refractivity contribution in [2.24, 2.45) is 10.2 Å². The third-order valence-corrected chi connectivity index (χ3v) is 18.6. The molecular weight excluding hydrogens is 1130 g/mol. The molecule has 6 aromatic carbocycles. The van der Waals surface area contributed by atoms with E-state index in [9.17, 15) is 57.4 Å². The van der Waals surface area contributed by atoms with Crippen molar-refractivity contribution >= 4 is 79.7 Å². The summed E-state index contributed by atoms with van der Waals surface area (Å²) in [4.78, 5) is 75.0. The van der Waals surface area contributed by atoms with Crippen molar-refractivity contribution in [1.29, 1.82) is 0 Å². The molecule has 0 atom stereocenters. The quantitative estimate of drug-likeness (QED) is 0.0109. The zero-order chi connectivity index (χ0) is 54.7. The highest BCUT2D eigenvalue weighted by Gasteiger charge is 2.31. The Morgan fingerprint density at radius 2 is 0.600 bits per heavy atom. The first-order chi connectivity index (χ1) is 35.1. The maximum atomic E-state index is 11.5. The van der Waals surface area contributed by atoms with Crippen molar-refractivity contribution < 1.29 is 85.0 Å². The van der Waals surface area contributed by atoms with E-state index in [1.54, 1.807) is 62.6 Å². The molecule has 30 heteroatoms. The van der Waals surface area contributed by atoms with E-state index in [-0.39, 0.29) is 29.8 Å². The van der Waals surface area contributed by atoms with Gasteiger partial charge in [-0.1, -0.05) is 48.5 Å². The molecule has 0 bridgehead atoms. The van der Waals surface area contributed by atoms with Gasteiger partial charge in [-0.05, 0) is 130 Å². The third kappa shape index (κ3) is 20.5. The summed E-state index contributed by atoms with van der Waals surface area (Å²) in [6.07, 6.45) is 1.15. The van der Waals surface area contributed by atoms with Crippen LogP contribution in [-0.4, -0.2) is 82.0 Å². The first-order valence-corrected chi connectivity index (χ1v) is 34.0. The minimum Gasteiger partial charge on any atom is -0.458 e. The monoisotopic (exact) mass is 1180 g/mol. The van der Waals surface area contributed by atoms with Gasteiger partial charge in [0.2, 0.25) is 6.79 Å². The molecule has 0 heterocycles. The molecule has 0 spiro atoms. The standard InChI is InChI=1S/C45H50N4O18P6S2/c1-48(72(74,64-42-19-7-36(8-20-42)29-68(50,51)52)65-43-21-9-37(10-22-43)30-69(53,54)55)46-27-34-3-15-40(16-4-34)62-33-63-41-17-5-35(6-18-41)28-47-49(2)73(75,66-44-23-11-38(12-24-44)31-70(56,57)58)67-45-25-13-39(14-26-45)32-71(59,60)61/h3-28H,29-33H2,1-2H3,(H2,50,51,52)(H2,53,54,55)(H2,56,57,58)(H2,59,60,61)/b46-27+,47-28+. The summed E-state index contributed by atoms with van der Waals surface area (Å²) >= 11 is 11.8. The highest BCUT2D eigenvalue weighted by atomic mass is 32.5. The summed E-state index contributed by atoms with van der Waals surface area (Å²) in [6.45, 7) is -7.25. The molecule has 0 aliphatic rings. The van der Waals surface area contributed by atoms with Crippen LogP contribution in [0.15, 0.2) is 156 Å². The summed E-state index contributed by atoms with van der Waals surface area (Å²) in [5.74, 6) is 1.89. The van der Waals surface area contributed by atoms with Crippen molar-refractivity contribution in [3.05, 3.63) is 179 Å². The maximum absolute atomic E-state index is 11.5. The molecule has 0 saturated heterocycles. The van der Waals surface area contributed by atoms with Gasteiger partial charge in [0.05, 0.1) is 37.1 Å². The second kappa shape index (κ2) is 25.4. The minimum absolute atomic E-state index is 0.150. The van der Waals surface area contributed by atoms with Gasteiger partial charge in [0.15, 0.2) is 0 Å². The van der Waals surface area contributed by atoms with Crippen LogP contribution in [0.3, 0.4) is 0 Å². The van der Waals surface area contributed by atoms with Crippen LogP contribution in [0.4, 0.5) is 0 Å². The van der Waals surface area contributed by atoms with E-state index in [2.05, 4.69) is 10.2 Å². The van der Waals surface area contributed by atoms with E-state index >= 15 is 0 Å². The van der Waals surface area contributed by atoms with Crippen LogP contribution in [0.25, 0.3) is 0 Å². The van der Waals surface area contributed by atoms with E-state index in [4.69, 9.17) is 51.2 Å². The zero-order valence-corrected chi connectivity index (χ0v) is 46.5. The molecule has 0 amide bonds. The van der Waals surface area contributed by atoms with Crippen molar-refractivity contribution in [2.75, 3.05) is 20.9 Å². The number of hydrogen-bond acceptors (Lipinski definition) is 14. The Morgan fingerprint density at radius 1 is 0.387 bits per heavy atom. The molecule has 400 valence electrons. The lowest BCUT2D eigenvalue weighted by Crippen LogP contribution is -2.17. The number of hydrogen-bond donors (Lipinski definition) is 8. The van der Waals surface area contributed by atoms with Gasteiger partial charge in [0, 0.05) is 37.7 Å². The Balaban J connectivity index is 1.06. The van der Waals surface area contributed by atoms with Crippen LogP contribution in [0.2, 0.25) is 0 Å². The van der Waals surface area contributed by atoms with E-state index in [1.807, 2.05) is 0 Å². The van der Waals surface area contributed by atoms with E-state index in [0.717, 1.165) is 0 Å². The lowest BCUT2D eigenvalue weighted by Gasteiger charge is -2.29. The number of nitrogens with zero attached hydrogens (tertiary/aromatic N) is 4. The largest absolute Gasteiger partial charge is 0.458 e. The fourth-order valence-electron chi connectivity index (χ4n) is 6.27. The molecule has 0 aliphatic heterocycles. The molecule has 6 aromatic rings. The van der Waals surface area contributed by atoms with E-state index < -0.39 is 68.3 Å². The van der Waals surface area contributed by atoms with Gasteiger partial charge in [-0.15, -0.1) is 0 Å². The van der Waals surface area contributed by atoms with Crippen molar-refractivity contribution in [1.82, 2.24) is 9.56 Å². The Bertz CT molecular complexity index is 2870. The molecule has 0 aliphatic carbocycles. The van der Waals surface area contributed by atoms with Gasteiger partial charge in [-0.3, -0.25) is 18.3 Å². The van der Waals surface area contributed by atoms with Crippen LogP contribution in [0, 0.1) is 0 Å². The average molecular weight is 1180 g/mol. The highest BCUT2D eigenvalue weighted by molar-refractivity contribution is 8.09. The summed E-state index contributed by atoms with van der Waals surface area (Å²) in [6, 6.07) is 37.6. The van der Waals surface area contributed by atoms with Crippen LogP contribution >= 0.6 is 43.7 Å². The molecule has 0 saturated carbocycles. The maximum Gasteiger partial charge on any atom is 0.410 e. The number of rotatable bonds is 26. The first kappa shape index (κ1) is 59.2. The van der Waals surface area contributed by atoms with Crippen molar-refractivity contribution in [3.63, 3.8) is 0 Å². The van der Waals surface area contributed by atoms with Crippen molar-refractivity contribution in [3.8, 4) is 34.5 Å². The smallest absolute Gasteiger partial charge is 0.410 e. The van der Waals surface area contributed by atoms with Gasteiger partial charge >= 0.3 is 43.7 Å². The molecule has 0 aromatic heterocycles. The Kier molecular flexibility index (Phi) is 20.1. The first-order valence-electron chi connectivity index (χ1n) is 21.6. The normalized spacial score (nSPS) is 12.6. The van der Waals surface area contributed by atoms with Gasteiger partial charge in [-0.2, -0.15) is 10.2 Å². The minimum atomic E-state index is -4.32. The fourth-order valence-corrected chi connectivity index (χ4v) is 12.8. The molecular formula is C45H50N4O18P6S2. The van der Waals surface area contributed by atoms with Gasteiger partial charge in [0.25, 0.3) is 0 Å². The lowest BCUT2D eigenvalue weighted by atomic mass is 10.2. The van der Waals surface area contributed by atoms with Crippen LogP contribution in [0.5, 0.6) is 34.5 Å². The van der Waals surface area contributed by atoms with Crippen LogP contribution in [0.1, 0.15) is 33.4 Å². The third-order valence-electron chi connectivity index (χ3n) is 9.80. The Hall–Kier alpha value is -5.04. The topological polar surface area (TPSA) is 317 Å². The molecule has 0 fully saturated rings. The van der Waals surface area contributed by atoms with Gasteiger partial charge < -0.3 is 66.7 Å². The van der Waals surface area contributed by atoms with Gasteiger partial charge in [-0.25, -0.2) is 9.56 Å². The number of benzene rings is 6. The summed E-state index contributed by atoms with van der Waals surface area (Å²) in [5.41, 5.74) is 2.77. The van der Waals surface area contributed by atoms with Crippen LogP contribution in [-0.2, 0) is 66.5 Å². The highest BCUT2D eigenvalue weighted by Crippen LogP contribution is 2.54. The average Bonchev–Trinajstić information content (AvgIpc) is 3.31. The lowest BCUT2D eigenvalue weighted by molar-refractivity contribution is 0.120. The molecule has 8 N–H and O–H groups in total. The molecule has 0 unspecified atom stereocenters. The molecule has 6 rings (SSSR count). The predicted octanol–water partition coefficient (Wildman–Crippen LogP) is 9.11. The SMILES string of the molecule is CN(/N=C/c1ccc(OCOc2ccc(/C=N/N(C)P(=S)(Oc3ccc(CP(=O)(O)O)cc3)Oc3ccc(CP(=O)(O)O)cc3)cc2)cc1)P(=S)(Oc1ccc(CP(=O)(O)O)cc1)Oc1ccc(CP(=O)(O)O)cc1. The summed E-state index contributed by atoms with van der Waals surface area (Å²) in [5, 5.41) is 8.97. The molecule has 75 heavy (non-hydrogen) atoms. The summed E-state index contributed by atoms with van der Waals surface area (Å²) in [7, 11) is -14.2. The predicted molar refractivity (Wildman–Crippen MR) is 290 cm³/mol.